The van der Waals surface area contributed by atoms with Gasteiger partial charge in [-0.2, -0.15) is 0 Å². The zero-order valence-corrected chi connectivity index (χ0v) is 12.6. The van der Waals surface area contributed by atoms with Crippen LogP contribution in [0.25, 0.3) is 0 Å². The maximum Gasteiger partial charge on any atom is 0.231 e. The second-order valence-corrected chi connectivity index (χ2v) is 4.57. The van der Waals surface area contributed by atoms with Crippen molar-refractivity contribution < 1.29 is 9.47 Å². The van der Waals surface area contributed by atoms with Crippen molar-refractivity contribution in [2.75, 3.05) is 33.0 Å². The van der Waals surface area contributed by atoms with Crippen molar-refractivity contribution in [2.24, 2.45) is 0 Å². The molecule has 0 aromatic heterocycles. The van der Waals surface area contributed by atoms with Crippen LogP contribution in [0, 0.1) is 0 Å². The third-order valence-electron chi connectivity index (χ3n) is 3.58. The second-order valence-electron chi connectivity index (χ2n) is 4.57. The zero-order chi connectivity index (χ0) is 11.7. The topological polar surface area (TPSA) is 33.7 Å². The number of nitrogens with one attached hydrogen (secondary N) is 1. The lowest BCUT2D eigenvalue weighted by atomic mass is 10.1. The molecule has 2 aliphatic rings. The summed E-state index contributed by atoms with van der Waals surface area (Å²) in [7, 11) is 0. The fourth-order valence-electron chi connectivity index (χ4n) is 2.45. The lowest BCUT2D eigenvalue weighted by Crippen LogP contribution is -2.44. The summed E-state index contributed by atoms with van der Waals surface area (Å²) in [4.78, 5) is 2.49. The van der Waals surface area contributed by atoms with E-state index < -0.39 is 0 Å². The average Bonchev–Trinajstić information content (AvgIpc) is 2.86. The van der Waals surface area contributed by atoms with Crippen LogP contribution in [0.1, 0.15) is 18.5 Å². The van der Waals surface area contributed by atoms with Gasteiger partial charge in [0, 0.05) is 32.2 Å². The molecule has 3 rings (SSSR count). The van der Waals surface area contributed by atoms with Gasteiger partial charge in [0.05, 0.1) is 0 Å². The van der Waals surface area contributed by atoms with E-state index in [1.54, 1.807) is 0 Å². The number of hydrogen-bond donors (Lipinski definition) is 1. The minimum absolute atomic E-state index is 0. The number of benzene rings is 1. The Balaban J connectivity index is 0.000000902. The van der Waals surface area contributed by atoms with Crippen LogP contribution in [0.3, 0.4) is 0 Å². The Morgan fingerprint density at radius 1 is 1.11 bits per heavy atom. The van der Waals surface area contributed by atoms with Crippen molar-refractivity contribution >= 4 is 24.8 Å². The van der Waals surface area contributed by atoms with Crippen LogP contribution in [0.2, 0.25) is 0 Å². The fraction of sp³-hybridized carbons (Fsp3) is 0.538. The SMILES string of the molecule is C[C@H](c1ccc2c(c1)OCO2)N1CCNCC1.Cl.Cl. The number of hydrogen-bond acceptors (Lipinski definition) is 4. The van der Waals surface area contributed by atoms with E-state index in [1.165, 1.54) is 5.56 Å². The van der Waals surface area contributed by atoms with Gasteiger partial charge in [0.2, 0.25) is 6.79 Å². The highest BCUT2D eigenvalue weighted by Gasteiger charge is 2.20. The Hall–Kier alpha value is -0.680. The van der Waals surface area contributed by atoms with Crippen LogP contribution in [-0.4, -0.2) is 37.9 Å². The highest BCUT2D eigenvalue weighted by Crippen LogP contribution is 2.35. The van der Waals surface area contributed by atoms with E-state index in [2.05, 4.69) is 29.3 Å². The molecule has 0 bridgehead atoms. The lowest BCUT2D eigenvalue weighted by molar-refractivity contribution is 0.173. The van der Waals surface area contributed by atoms with Gasteiger partial charge >= 0.3 is 0 Å². The summed E-state index contributed by atoms with van der Waals surface area (Å²) in [6, 6.07) is 6.69. The largest absolute Gasteiger partial charge is 0.454 e. The van der Waals surface area contributed by atoms with Crippen LogP contribution in [0.15, 0.2) is 18.2 Å². The first-order valence-corrected chi connectivity index (χ1v) is 6.19. The predicted molar refractivity (Wildman–Crippen MR) is 79.9 cm³/mol. The maximum absolute atomic E-state index is 5.42. The van der Waals surface area contributed by atoms with E-state index >= 15 is 0 Å². The summed E-state index contributed by atoms with van der Waals surface area (Å²) in [5, 5.41) is 3.38. The Kier molecular flexibility index (Phi) is 6.20. The number of fused-ring (bicyclic) bond motifs is 1. The zero-order valence-electron chi connectivity index (χ0n) is 10.9. The molecule has 2 aliphatic heterocycles. The van der Waals surface area contributed by atoms with E-state index in [4.69, 9.17) is 9.47 Å². The van der Waals surface area contributed by atoms with Crippen molar-refractivity contribution in [1.29, 1.82) is 0 Å². The Labute approximate surface area is 126 Å². The third-order valence-corrected chi connectivity index (χ3v) is 3.58. The maximum atomic E-state index is 5.42. The highest BCUT2D eigenvalue weighted by atomic mass is 35.5. The van der Waals surface area contributed by atoms with Crippen LogP contribution in [-0.2, 0) is 0 Å². The van der Waals surface area contributed by atoms with E-state index in [-0.39, 0.29) is 24.8 Å². The molecule has 1 fully saturated rings. The molecule has 0 aliphatic carbocycles. The summed E-state index contributed by atoms with van der Waals surface area (Å²) >= 11 is 0. The van der Waals surface area contributed by atoms with Gasteiger partial charge in [-0.05, 0) is 24.6 Å². The molecule has 1 aromatic carbocycles. The summed E-state index contributed by atoms with van der Waals surface area (Å²) < 4.78 is 10.8. The first-order valence-electron chi connectivity index (χ1n) is 6.19. The molecule has 0 unspecified atom stereocenters. The molecule has 4 nitrogen and oxygen atoms in total. The minimum atomic E-state index is 0. The van der Waals surface area contributed by atoms with Gasteiger partial charge < -0.3 is 14.8 Å². The first kappa shape index (κ1) is 16.4. The van der Waals surface area contributed by atoms with Crippen LogP contribution < -0.4 is 14.8 Å². The average molecular weight is 307 g/mol. The number of piperazine rings is 1. The molecule has 0 spiro atoms. The normalized spacial score (nSPS) is 19.2. The van der Waals surface area contributed by atoms with Gasteiger partial charge in [0.15, 0.2) is 11.5 Å². The van der Waals surface area contributed by atoms with Gasteiger partial charge in [0.25, 0.3) is 0 Å². The second kappa shape index (κ2) is 7.20. The number of ether oxygens (including phenoxy) is 2. The predicted octanol–water partition coefficient (Wildman–Crippen LogP) is 2.23. The molecule has 19 heavy (non-hydrogen) atoms. The first-order chi connectivity index (χ1) is 8.34. The molecule has 1 N–H and O–H groups in total. The summed E-state index contributed by atoms with van der Waals surface area (Å²) in [5.41, 5.74) is 1.30. The Bertz CT molecular complexity index is 412. The Morgan fingerprint density at radius 3 is 2.53 bits per heavy atom. The van der Waals surface area contributed by atoms with Gasteiger partial charge in [-0.3, -0.25) is 4.90 Å². The quantitative estimate of drug-likeness (QED) is 0.908. The molecule has 0 amide bonds. The lowest BCUT2D eigenvalue weighted by Gasteiger charge is -2.33. The smallest absolute Gasteiger partial charge is 0.231 e. The number of halogens is 2. The van der Waals surface area contributed by atoms with Gasteiger partial charge in [-0.1, -0.05) is 6.07 Å². The van der Waals surface area contributed by atoms with E-state index in [0.29, 0.717) is 12.8 Å². The molecular weight excluding hydrogens is 287 g/mol. The van der Waals surface area contributed by atoms with Crippen LogP contribution in [0.4, 0.5) is 0 Å². The fourth-order valence-corrected chi connectivity index (χ4v) is 2.45. The van der Waals surface area contributed by atoms with Gasteiger partial charge in [-0.25, -0.2) is 0 Å². The molecule has 0 saturated carbocycles. The Morgan fingerprint density at radius 2 is 1.79 bits per heavy atom. The molecule has 2 heterocycles. The number of nitrogens with zero attached hydrogens (tertiary/aromatic N) is 1. The standard InChI is InChI=1S/C13H18N2O2.2ClH/c1-10(15-6-4-14-5-7-15)11-2-3-12-13(8-11)17-9-16-12;;/h2-3,8,10,14H,4-7,9H2,1H3;2*1H/t10-;;/m1../s1. The summed E-state index contributed by atoms with van der Waals surface area (Å²) in [6.07, 6.45) is 0. The molecule has 108 valence electrons. The van der Waals surface area contributed by atoms with Crippen molar-refractivity contribution in [2.45, 2.75) is 13.0 Å². The van der Waals surface area contributed by atoms with Crippen LogP contribution >= 0.6 is 24.8 Å². The van der Waals surface area contributed by atoms with Gasteiger partial charge in [-0.15, -0.1) is 24.8 Å². The monoisotopic (exact) mass is 306 g/mol. The van der Waals surface area contributed by atoms with Crippen LogP contribution in [0.5, 0.6) is 11.5 Å². The molecule has 1 aromatic rings. The van der Waals surface area contributed by atoms with Crippen molar-refractivity contribution in [3.05, 3.63) is 23.8 Å². The molecule has 6 heteroatoms. The highest BCUT2D eigenvalue weighted by molar-refractivity contribution is 5.85. The van der Waals surface area contributed by atoms with Crippen molar-refractivity contribution in [3.8, 4) is 11.5 Å². The summed E-state index contributed by atoms with van der Waals surface area (Å²) in [6.45, 7) is 6.97. The third kappa shape index (κ3) is 3.45. The summed E-state index contributed by atoms with van der Waals surface area (Å²) in [5.74, 6) is 1.74. The molecule has 1 atom stereocenters. The molecule has 1 saturated heterocycles. The van der Waals surface area contributed by atoms with E-state index in [9.17, 15) is 0 Å². The van der Waals surface area contributed by atoms with Gasteiger partial charge in [0.1, 0.15) is 0 Å². The van der Waals surface area contributed by atoms with E-state index in [1.807, 2.05) is 6.07 Å². The van der Waals surface area contributed by atoms with Crippen molar-refractivity contribution in [3.63, 3.8) is 0 Å². The molecular formula is C13H20Cl2N2O2. The van der Waals surface area contributed by atoms with Crippen molar-refractivity contribution in [1.82, 2.24) is 10.2 Å². The molecule has 0 radical (unpaired) electrons. The van der Waals surface area contributed by atoms with E-state index in [0.717, 1.165) is 37.7 Å². The number of rotatable bonds is 2. The minimum Gasteiger partial charge on any atom is -0.454 e.